The van der Waals surface area contributed by atoms with Crippen LogP contribution < -0.4 is 5.32 Å². The number of ether oxygens (including phenoxy) is 1. The molecule has 1 heterocycles. The minimum atomic E-state index is -0.209. The predicted octanol–water partition coefficient (Wildman–Crippen LogP) is 2.39. The van der Waals surface area contributed by atoms with Gasteiger partial charge in [-0.2, -0.15) is 0 Å². The molecule has 0 atom stereocenters. The number of carbonyl (C=O) groups is 1. The molecule has 0 aliphatic carbocycles. The van der Waals surface area contributed by atoms with E-state index in [2.05, 4.69) is 36.0 Å². The van der Waals surface area contributed by atoms with E-state index in [1.165, 1.54) is 0 Å². The summed E-state index contributed by atoms with van der Waals surface area (Å²) in [5.74, 6) is 1.62. The summed E-state index contributed by atoms with van der Waals surface area (Å²) in [5, 5.41) is 3.34. The zero-order valence-corrected chi connectivity index (χ0v) is 16.6. The average molecular weight is 426 g/mol. The second kappa shape index (κ2) is 11.8. The smallest absolute Gasteiger partial charge is 0.409 e. The number of rotatable bonds is 5. The molecule has 1 aliphatic rings. The largest absolute Gasteiger partial charge is 0.450 e. The third-order valence-corrected chi connectivity index (χ3v) is 3.41. The average Bonchev–Trinajstić information content (AvgIpc) is 2.46. The number of nitrogens with zero attached hydrogens (tertiary/aromatic N) is 3. The number of amides is 1. The maximum absolute atomic E-state index is 11.7. The van der Waals surface area contributed by atoms with Gasteiger partial charge in [0.15, 0.2) is 5.96 Å². The van der Waals surface area contributed by atoms with Gasteiger partial charge in [0.05, 0.1) is 6.61 Å². The highest BCUT2D eigenvalue weighted by Gasteiger charge is 2.23. The van der Waals surface area contributed by atoms with Crippen LogP contribution in [0.2, 0.25) is 0 Å². The lowest BCUT2D eigenvalue weighted by atomic mass is 10.1. The number of guanidine groups is 1. The number of piperazine rings is 1. The highest BCUT2D eigenvalue weighted by atomic mass is 127. The van der Waals surface area contributed by atoms with Crippen LogP contribution in [0.4, 0.5) is 4.79 Å². The van der Waals surface area contributed by atoms with Crippen LogP contribution in [0.5, 0.6) is 0 Å². The van der Waals surface area contributed by atoms with E-state index in [1.54, 1.807) is 4.90 Å². The maximum Gasteiger partial charge on any atom is 0.409 e. The highest BCUT2D eigenvalue weighted by molar-refractivity contribution is 14.0. The van der Waals surface area contributed by atoms with Crippen molar-refractivity contribution in [3.8, 4) is 0 Å². The van der Waals surface area contributed by atoms with E-state index in [4.69, 9.17) is 4.74 Å². The van der Waals surface area contributed by atoms with Crippen LogP contribution >= 0.6 is 24.0 Å². The predicted molar refractivity (Wildman–Crippen MR) is 101 cm³/mol. The Morgan fingerprint density at radius 2 is 1.77 bits per heavy atom. The molecule has 1 saturated heterocycles. The fourth-order valence-corrected chi connectivity index (χ4v) is 2.17. The summed E-state index contributed by atoms with van der Waals surface area (Å²) >= 11 is 0. The molecule has 7 heteroatoms. The molecule has 0 saturated carbocycles. The zero-order valence-electron chi connectivity index (χ0n) is 14.3. The molecule has 0 bridgehead atoms. The molecule has 6 nitrogen and oxygen atoms in total. The molecule has 0 spiro atoms. The van der Waals surface area contributed by atoms with Gasteiger partial charge < -0.3 is 19.9 Å². The lowest BCUT2D eigenvalue weighted by molar-refractivity contribution is 0.0914. The third kappa shape index (κ3) is 7.51. The Morgan fingerprint density at radius 1 is 1.18 bits per heavy atom. The Labute approximate surface area is 151 Å². The monoisotopic (exact) mass is 426 g/mol. The van der Waals surface area contributed by atoms with E-state index in [9.17, 15) is 4.79 Å². The Hall–Kier alpha value is -0.730. The molecule has 0 radical (unpaired) electrons. The summed E-state index contributed by atoms with van der Waals surface area (Å²) in [6, 6.07) is 0. The normalized spacial score (nSPS) is 15.6. The van der Waals surface area contributed by atoms with E-state index < -0.39 is 0 Å². The van der Waals surface area contributed by atoms with Crippen molar-refractivity contribution in [3.05, 3.63) is 0 Å². The molecule has 130 valence electrons. The van der Waals surface area contributed by atoms with Crippen LogP contribution in [0.15, 0.2) is 4.99 Å². The first-order valence-electron chi connectivity index (χ1n) is 8.03. The summed E-state index contributed by atoms with van der Waals surface area (Å²) in [7, 11) is 0. The number of hydrogen-bond acceptors (Lipinski definition) is 3. The summed E-state index contributed by atoms with van der Waals surface area (Å²) in [5.41, 5.74) is 0. The van der Waals surface area contributed by atoms with Crippen molar-refractivity contribution in [1.29, 1.82) is 0 Å². The Kier molecular flexibility index (Phi) is 11.4. The summed E-state index contributed by atoms with van der Waals surface area (Å²) in [6.07, 6.45) is 0.886. The first kappa shape index (κ1) is 21.3. The number of hydrogen-bond donors (Lipinski definition) is 1. The summed E-state index contributed by atoms with van der Waals surface area (Å²) in [6.45, 7) is 13.4. The van der Waals surface area contributed by atoms with Crippen molar-refractivity contribution in [2.45, 2.75) is 34.1 Å². The van der Waals surface area contributed by atoms with Gasteiger partial charge in [0, 0.05) is 39.3 Å². The maximum atomic E-state index is 11.7. The lowest BCUT2D eigenvalue weighted by Gasteiger charge is -2.35. The topological polar surface area (TPSA) is 57.2 Å². The number of halogens is 1. The molecule has 22 heavy (non-hydrogen) atoms. The van der Waals surface area contributed by atoms with Crippen LogP contribution in [0, 0.1) is 5.92 Å². The van der Waals surface area contributed by atoms with Crippen molar-refractivity contribution in [2.24, 2.45) is 10.9 Å². The minimum Gasteiger partial charge on any atom is -0.450 e. The second-order valence-electron chi connectivity index (χ2n) is 5.59. The van der Waals surface area contributed by atoms with Gasteiger partial charge >= 0.3 is 6.09 Å². The Bertz CT molecular complexity index is 342. The Morgan fingerprint density at radius 3 is 2.27 bits per heavy atom. The minimum absolute atomic E-state index is 0. The van der Waals surface area contributed by atoms with E-state index >= 15 is 0 Å². The van der Waals surface area contributed by atoms with Crippen molar-refractivity contribution in [1.82, 2.24) is 15.1 Å². The van der Waals surface area contributed by atoms with E-state index in [0.29, 0.717) is 25.6 Å². The molecule has 1 rings (SSSR count). The SMILES string of the molecule is CCNC(=NCCC(C)C)N1CCN(C(=O)OCC)CC1.I. The molecule has 1 aliphatic heterocycles. The first-order chi connectivity index (χ1) is 10.1. The number of aliphatic imine (C=N–C) groups is 1. The Balaban J connectivity index is 0.00000441. The molecule has 1 N–H and O–H groups in total. The molecule has 0 unspecified atom stereocenters. The van der Waals surface area contributed by atoms with Gasteiger partial charge in [0.25, 0.3) is 0 Å². The molecule has 1 amide bonds. The lowest BCUT2D eigenvalue weighted by Crippen LogP contribution is -2.53. The van der Waals surface area contributed by atoms with Gasteiger partial charge in [-0.05, 0) is 26.2 Å². The van der Waals surface area contributed by atoms with Gasteiger partial charge in [-0.3, -0.25) is 4.99 Å². The van der Waals surface area contributed by atoms with Crippen LogP contribution in [-0.4, -0.2) is 67.7 Å². The van der Waals surface area contributed by atoms with Crippen molar-refractivity contribution in [2.75, 3.05) is 45.9 Å². The van der Waals surface area contributed by atoms with E-state index in [-0.39, 0.29) is 30.1 Å². The molecule has 0 aromatic heterocycles. The van der Waals surface area contributed by atoms with Crippen LogP contribution in [-0.2, 0) is 4.74 Å². The first-order valence-corrected chi connectivity index (χ1v) is 8.03. The van der Waals surface area contributed by atoms with E-state index in [0.717, 1.165) is 38.6 Å². The molecule has 1 fully saturated rings. The van der Waals surface area contributed by atoms with Crippen molar-refractivity contribution >= 4 is 36.0 Å². The molecule has 0 aromatic carbocycles. The van der Waals surface area contributed by atoms with Gasteiger partial charge in [0.2, 0.25) is 0 Å². The zero-order chi connectivity index (χ0) is 15.7. The van der Waals surface area contributed by atoms with E-state index in [1.807, 2.05) is 6.92 Å². The molecule has 0 aromatic rings. The number of carbonyl (C=O) groups excluding carboxylic acids is 1. The molecular weight excluding hydrogens is 395 g/mol. The third-order valence-electron chi connectivity index (χ3n) is 3.41. The number of nitrogens with one attached hydrogen (secondary N) is 1. The van der Waals surface area contributed by atoms with Gasteiger partial charge in [0.1, 0.15) is 0 Å². The highest BCUT2D eigenvalue weighted by Crippen LogP contribution is 2.05. The summed E-state index contributed by atoms with van der Waals surface area (Å²) < 4.78 is 5.04. The second-order valence-corrected chi connectivity index (χ2v) is 5.59. The molecular formula is C15H31IN4O2. The van der Waals surface area contributed by atoms with Gasteiger partial charge in [-0.1, -0.05) is 13.8 Å². The van der Waals surface area contributed by atoms with Gasteiger partial charge in [-0.25, -0.2) is 4.79 Å². The quantitative estimate of drug-likeness (QED) is 0.417. The van der Waals surface area contributed by atoms with Crippen LogP contribution in [0.1, 0.15) is 34.1 Å². The van der Waals surface area contributed by atoms with Crippen LogP contribution in [0.25, 0.3) is 0 Å². The van der Waals surface area contributed by atoms with Crippen molar-refractivity contribution < 1.29 is 9.53 Å². The van der Waals surface area contributed by atoms with Crippen LogP contribution in [0.3, 0.4) is 0 Å². The summed E-state index contributed by atoms with van der Waals surface area (Å²) in [4.78, 5) is 20.4. The fourth-order valence-electron chi connectivity index (χ4n) is 2.17. The fraction of sp³-hybridized carbons (Fsp3) is 0.867. The van der Waals surface area contributed by atoms with Crippen molar-refractivity contribution in [3.63, 3.8) is 0 Å². The standard InChI is InChI=1S/C15H30N4O2.HI/c1-5-16-14(17-8-7-13(3)4)18-9-11-19(12-10-18)15(20)21-6-2;/h13H,5-12H2,1-4H3,(H,16,17);1H. The van der Waals surface area contributed by atoms with Gasteiger partial charge in [-0.15, -0.1) is 24.0 Å².